The molecular weight excluding hydrogens is 277 g/mol. The lowest BCUT2D eigenvalue weighted by Crippen LogP contribution is -2.04. The zero-order valence-electron chi connectivity index (χ0n) is 11.5. The topological polar surface area (TPSA) is 28.7 Å². The van der Waals surface area contributed by atoms with Gasteiger partial charge in [-0.3, -0.25) is 4.98 Å². The van der Waals surface area contributed by atoms with E-state index in [2.05, 4.69) is 9.97 Å². The maximum atomic E-state index is 12.8. The summed E-state index contributed by atoms with van der Waals surface area (Å²) in [7, 11) is 0. The summed E-state index contributed by atoms with van der Waals surface area (Å²) in [5, 5.41) is 0.800. The van der Waals surface area contributed by atoms with Crippen LogP contribution in [-0.2, 0) is 6.18 Å². The Morgan fingerprint density at radius 2 is 1.86 bits per heavy atom. The van der Waals surface area contributed by atoms with Crippen molar-refractivity contribution in [3.63, 3.8) is 0 Å². The predicted octanol–water partition coefficient (Wildman–Crippen LogP) is 4.87. The summed E-state index contributed by atoms with van der Waals surface area (Å²) in [5.74, 6) is 0. The fourth-order valence-corrected chi connectivity index (χ4v) is 2.54. The molecule has 3 rings (SSSR count). The van der Waals surface area contributed by atoms with E-state index in [1.807, 2.05) is 19.9 Å². The van der Waals surface area contributed by atoms with E-state index in [9.17, 15) is 13.2 Å². The van der Waals surface area contributed by atoms with Crippen LogP contribution in [0.25, 0.3) is 22.2 Å². The number of nitrogens with zero attached hydrogens (tertiary/aromatic N) is 1. The van der Waals surface area contributed by atoms with Crippen LogP contribution in [0, 0.1) is 13.8 Å². The number of hydrogen-bond donors (Lipinski definition) is 1. The average Bonchev–Trinajstić information content (AvgIpc) is 2.75. The highest BCUT2D eigenvalue weighted by Crippen LogP contribution is 2.35. The standard InChI is InChI=1S/C16H13F3N2/c1-9-8-20-6-5-12(9)15-10(2)13-4-3-11(16(17,18)19)7-14(13)21-15/h3-8,21H,1-2H3. The quantitative estimate of drug-likeness (QED) is 0.681. The molecule has 2 nitrogen and oxygen atoms in total. The number of pyridine rings is 1. The van der Waals surface area contributed by atoms with Crippen LogP contribution in [0.3, 0.4) is 0 Å². The molecule has 0 aliphatic heterocycles. The van der Waals surface area contributed by atoms with Crippen LogP contribution in [0.4, 0.5) is 13.2 Å². The minimum absolute atomic E-state index is 0.494. The normalized spacial score (nSPS) is 12.0. The van der Waals surface area contributed by atoms with Gasteiger partial charge < -0.3 is 4.98 Å². The van der Waals surface area contributed by atoms with Crippen molar-refractivity contribution in [2.24, 2.45) is 0 Å². The molecule has 0 radical (unpaired) electrons. The summed E-state index contributed by atoms with van der Waals surface area (Å²) < 4.78 is 38.4. The molecule has 108 valence electrons. The molecule has 0 aliphatic carbocycles. The molecule has 1 aromatic carbocycles. The first-order valence-electron chi connectivity index (χ1n) is 6.48. The van der Waals surface area contributed by atoms with E-state index in [4.69, 9.17) is 0 Å². The molecule has 0 saturated carbocycles. The highest BCUT2D eigenvalue weighted by molar-refractivity contribution is 5.91. The van der Waals surface area contributed by atoms with Crippen LogP contribution in [0.5, 0.6) is 0 Å². The Labute approximate surface area is 119 Å². The third kappa shape index (κ3) is 2.28. The molecule has 1 N–H and O–H groups in total. The van der Waals surface area contributed by atoms with Gasteiger partial charge >= 0.3 is 6.18 Å². The number of aryl methyl sites for hydroxylation is 2. The minimum Gasteiger partial charge on any atom is -0.354 e. The second kappa shape index (κ2) is 4.62. The maximum absolute atomic E-state index is 12.8. The molecule has 2 aromatic heterocycles. The summed E-state index contributed by atoms with van der Waals surface area (Å²) in [6.45, 7) is 3.83. The van der Waals surface area contributed by atoms with Crippen LogP contribution in [0.15, 0.2) is 36.7 Å². The first kappa shape index (κ1) is 13.7. The third-order valence-corrected chi connectivity index (χ3v) is 3.68. The van der Waals surface area contributed by atoms with Crippen molar-refractivity contribution in [2.75, 3.05) is 0 Å². The lowest BCUT2D eigenvalue weighted by atomic mass is 10.0. The number of rotatable bonds is 1. The summed E-state index contributed by atoms with van der Waals surface area (Å²) >= 11 is 0. The Bertz CT molecular complexity index is 816. The number of fused-ring (bicyclic) bond motifs is 1. The Balaban J connectivity index is 2.23. The van der Waals surface area contributed by atoms with Crippen molar-refractivity contribution in [3.8, 4) is 11.3 Å². The lowest BCUT2D eigenvalue weighted by molar-refractivity contribution is -0.137. The van der Waals surface area contributed by atoms with E-state index in [-0.39, 0.29) is 0 Å². The summed E-state index contributed by atoms with van der Waals surface area (Å²) in [4.78, 5) is 7.14. The van der Waals surface area contributed by atoms with E-state index in [0.717, 1.165) is 39.9 Å². The van der Waals surface area contributed by atoms with Crippen molar-refractivity contribution in [1.29, 1.82) is 0 Å². The second-order valence-corrected chi connectivity index (χ2v) is 5.07. The molecular formula is C16H13F3N2. The molecule has 0 aliphatic rings. The van der Waals surface area contributed by atoms with E-state index in [0.29, 0.717) is 5.52 Å². The number of benzene rings is 1. The van der Waals surface area contributed by atoms with Crippen LogP contribution in [0.1, 0.15) is 16.7 Å². The van der Waals surface area contributed by atoms with Gasteiger partial charge in [-0.05, 0) is 43.2 Å². The molecule has 5 heteroatoms. The van der Waals surface area contributed by atoms with Crippen LogP contribution < -0.4 is 0 Å². The van der Waals surface area contributed by atoms with Crippen LogP contribution in [0.2, 0.25) is 0 Å². The van der Waals surface area contributed by atoms with E-state index in [1.54, 1.807) is 12.4 Å². The van der Waals surface area contributed by atoms with Gasteiger partial charge in [0.15, 0.2) is 0 Å². The summed E-state index contributed by atoms with van der Waals surface area (Å²) in [6, 6.07) is 5.65. The zero-order chi connectivity index (χ0) is 15.2. The molecule has 2 heterocycles. The SMILES string of the molecule is Cc1cnccc1-c1[nH]c2cc(C(F)(F)F)ccc2c1C. The lowest BCUT2D eigenvalue weighted by Gasteiger charge is -2.05. The van der Waals surface area contributed by atoms with Crippen LogP contribution in [-0.4, -0.2) is 9.97 Å². The van der Waals surface area contributed by atoms with E-state index >= 15 is 0 Å². The van der Waals surface area contributed by atoms with Crippen molar-refractivity contribution in [1.82, 2.24) is 9.97 Å². The highest BCUT2D eigenvalue weighted by atomic mass is 19.4. The molecule has 0 amide bonds. The Morgan fingerprint density at radius 3 is 2.52 bits per heavy atom. The van der Waals surface area contributed by atoms with E-state index < -0.39 is 11.7 Å². The van der Waals surface area contributed by atoms with Gasteiger partial charge in [0, 0.05) is 34.6 Å². The minimum atomic E-state index is -4.33. The number of alkyl halides is 3. The number of hydrogen-bond acceptors (Lipinski definition) is 1. The number of aromatic amines is 1. The maximum Gasteiger partial charge on any atom is 0.416 e. The van der Waals surface area contributed by atoms with Crippen molar-refractivity contribution < 1.29 is 13.2 Å². The number of nitrogens with one attached hydrogen (secondary N) is 1. The highest BCUT2D eigenvalue weighted by Gasteiger charge is 2.30. The largest absolute Gasteiger partial charge is 0.416 e. The Morgan fingerprint density at radius 1 is 1.10 bits per heavy atom. The third-order valence-electron chi connectivity index (χ3n) is 3.68. The smallest absolute Gasteiger partial charge is 0.354 e. The molecule has 0 bridgehead atoms. The van der Waals surface area contributed by atoms with Gasteiger partial charge in [-0.25, -0.2) is 0 Å². The van der Waals surface area contributed by atoms with Gasteiger partial charge in [0.25, 0.3) is 0 Å². The van der Waals surface area contributed by atoms with Gasteiger partial charge in [-0.2, -0.15) is 13.2 Å². The fourth-order valence-electron chi connectivity index (χ4n) is 2.54. The molecule has 0 saturated heterocycles. The Hall–Kier alpha value is -2.30. The van der Waals surface area contributed by atoms with Crippen molar-refractivity contribution in [3.05, 3.63) is 53.3 Å². The summed E-state index contributed by atoms with van der Waals surface area (Å²) in [6.07, 6.45) is -0.921. The van der Waals surface area contributed by atoms with Gasteiger partial charge in [-0.1, -0.05) is 6.07 Å². The van der Waals surface area contributed by atoms with Gasteiger partial charge in [0.2, 0.25) is 0 Å². The number of aromatic nitrogens is 2. The van der Waals surface area contributed by atoms with Crippen molar-refractivity contribution >= 4 is 10.9 Å². The molecule has 0 spiro atoms. The molecule has 0 fully saturated rings. The molecule has 3 aromatic rings. The molecule has 0 atom stereocenters. The molecule has 21 heavy (non-hydrogen) atoms. The summed E-state index contributed by atoms with van der Waals surface area (Å²) in [5.41, 5.74) is 3.55. The number of H-pyrrole nitrogens is 1. The van der Waals surface area contributed by atoms with Gasteiger partial charge in [-0.15, -0.1) is 0 Å². The monoisotopic (exact) mass is 290 g/mol. The second-order valence-electron chi connectivity index (χ2n) is 5.07. The predicted molar refractivity (Wildman–Crippen MR) is 76.0 cm³/mol. The van der Waals surface area contributed by atoms with Crippen LogP contribution >= 0.6 is 0 Å². The van der Waals surface area contributed by atoms with Crippen molar-refractivity contribution in [2.45, 2.75) is 20.0 Å². The molecule has 0 unspecified atom stereocenters. The first-order valence-corrected chi connectivity index (χ1v) is 6.48. The zero-order valence-corrected chi connectivity index (χ0v) is 11.5. The van der Waals surface area contributed by atoms with E-state index in [1.165, 1.54) is 6.07 Å². The fraction of sp³-hybridized carbons (Fsp3) is 0.188. The number of halogens is 3. The Kier molecular flexibility index (Phi) is 3.01. The van der Waals surface area contributed by atoms with Gasteiger partial charge in [0.1, 0.15) is 0 Å². The average molecular weight is 290 g/mol. The van der Waals surface area contributed by atoms with Gasteiger partial charge in [0.05, 0.1) is 5.56 Å². The first-order chi connectivity index (χ1) is 9.88.